The largest absolute Gasteiger partial charge is 0.372 e. The fraction of sp³-hybridized carbons (Fsp3) is 0.647. The Balaban J connectivity index is 1.65. The molecule has 1 aromatic rings. The van der Waals surface area contributed by atoms with Gasteiger partial charge in [-0.05, 0) is 43.4 Å². The van der Waals surface area contributed by atoms with Gasteiger partial charge in [-0.1, -0.05) is 12.1 Å². The number of hydrogen-bond donors (Lipinski definition) is 1. The van der Waals surface area contributed by atoms with Crippen molar-refractivity contribution < 1.29 is 0 Å². The number of aryl methyl sites for hydroxylation is 1. The van der Waals surface area contributed by atoms with E-state index in [0.717, 1.165) is 19.6 Å². The van der Waals surface area contributed by atoms with Gasteiger partial charge in [0.2, 0.25) is 0 Å². The number of piperazine rings is 1. The van der Waals surface area contributed by atoms with Gasteiger partial charge in [0, 0.05) is 51.5 Å². The van der Waals surface area contributed by atoms with Gasteiger partial charge in [-0.2, -0.15) is 0 Å². The van der Waals surface area contributed by atoms with E-state index in [0.29, 0.717) is 0 Å². The highest BCUT2D eigenvalue weighted by molar-refractivity contribution is 5.57. The summed E-state index contributed by atoms with van der Waals surface area (Å²) in [4.78, 5) is 5.11. The molecular weight excluding hydrogens is 246 g/mol. The van der Waals surface area contributed by atoms with E-state index in [1.54, 1.807) is 5.56 Å². The topological polar surface area (TPSA) is 18.5 Å². The summed E-state index contributed by atoms with van der Waals surface area (Å²) in [5.41, 5.74) is 4.54. The van der Waals surface area contributed by atoms with Crippen LogP contribution in [-0.2, 0) is 12.8 Å². The first kappa shape index (κ1) is 13.9. The van der Waals surface area contributed by atoms with Crippen molar-refractivity contribution in [1.82, 2.24) is 10.2 Å². The minimum absolute atomic E-state index is 1.13. The van der Waals surface area contributed by atoms with Crippen LogP contribution in [0.2, 0.25) is 0 Å². The molecule has 0 unspecified atom stereocenters. The summed E-state index contributed by atoms with van der Waals surface area (Å²) in [6.45, 7) is 10.5. The first-order valence-corrected chi connectivity index (χ1v) is 8.16. The number of rotatable bonds is 4. The highest BCUT2D eigenvalue weighted by Gasteiger charge is 2.16. The van der Waals surface area contributed by atoms with E-state index in [9.17, 15) is 0 Å². The van der Waals surface area contributed by atoms with E-state index in [2.05, 4.69) is 40.2 Å². The van der Waals surface area contributed by atoms with E-state index < -0.39 is 0 Å². The molecule has 0 aromatic heterocycles. The van der Waals surface area contributed by atoms with E-state index in [4.69, 9.17) is 0 Å². The van der Waals surface area contributed by atoms with Crippen molar-refractivity contribution in [3.05, 3.63) is 29.3 Å². The van der Waals surface area contributed by atoms with Crippen molar-refractivity contribution in [1.29, 1.82) is 0 Å². The zero-order valence-corrected chi connectivity index (χ0v) is 12.7. The molecule has 0 saturated carbocycles. The second-order valence-electron chi connectivity index (χ2n) is 5.99. The number of benzene rings is 1. The molecule has 2 aliphatic rings. The minimum atomic E-state index is 1.13. The van der Waals surface area contributed by atoms with Crippen molar-refractivity contribution >= 4 is 5.69 Å². The summed E-state index contributed by atoms with van der Waals surface area (Å²) >= 11 is 0. The quantitative estimate of drug-likeness (QED) is 0.904. The summed E-state index contributed by atoms with van der Waals surface area (Å²) in [6.07, 6.45) is 3.75. The predicted molar refractivity (Wildman–Crippen MR) is 85.7 cm³/mol. The second-order valence-corrected chi connectivity index (χ2v) is 5.99. The first-order chi connectivity index (χ1) is 9.86. The van der Waals surface area contributed by atoms with E-state index in [1.165, 1.54) is 56.7 Å². The summed E-state index contributed by atoms with van der Waals surface area (Å²) in [6, 6.07) is 7.16. The lowest BCUT2D eigenvalue weighted by Crippen LogP contribution is -2.44. The Kier molecular flexibility index (Phi) is 4.58. The Morgan fingerprint density at radius 1 is 1.15 bits per heavy atom. The lowest BCUT2D eigenvalue weighted by atomic mass is 9.98. The van der Waals surface area contributed by atoms with Gasteiger partial charge in [0.25, 0.3) is 0 Å². The predicted octanol–water partition coefficient (Wildman–Crippen LogP) is 1.91. The van der Waals surface area contributed by atoms with Gasteiger partial charge in [0.05, 0.1) is 0 Å². The maximum atomic E-state index is 3.42. The van der Waals surface area contributed by atoms with Gasteiger partial charge in [-0.25, -0.2) is 0 Å². The Bertz CT molecular complexity index is 438. The van der Waals surface area contributed by atoms with Crippen molar-refractivity contribution in [2.75, 3.05) is 50.7 Å². The highest BCUT2D eigenvalue weighted by Crippen LogP contribution is 2.28. The maximum absolute atomic E-state index is 3.42. The third-order valence-electron chi connectivity index (χ3n) is 4.67. The van der Waals surface area contributed by atoms with Gasteiger partial charge < -0.3 is 15.1 Å². The Labute approximate surface area is 123 Å². The van der Waals surface area contributed by atoms with Crippen LogP contribution in [0.1, 0.15) is 24.5 Å². The van der Waals surface area contributed by atoms with E-state index in [-0.39, 0.29) is 0 Å². The third kappa shape index (κ3) is 3.15. The molecule has 0 aliphatic carbocycles. The fourth-order valence-electron chi connectivity index (χ4n) is 3.40. The van der Waals surface area contributed by atoms with Crippen molar-refractivity contribution in [3.8, 4) is 0 Å². The van der Waals surface area contributed by atoms with Crippen molar-refractivity contribution in [2.24, 2.45) is 0 Å². The lowest BCUT2D eigenvalue weighted by Gasteiger charge is -2.31. The summed E-state index contributed by atoms with van der Waals surface area (Å²) in [5.74, 6) is 0. The molecule has 0 radical (unpaired) electrons. The van der Waals surface area contributed by atoms with Gasteiger partial charge in [0.1, 0.15) is 0 Å². The zero-order chi connectivity index (χ0) is 13.8. The fourth-order valence-corrected chi connectivity index (χ4v) is 3.40. The summed E-state index contributed by atoms with van der Waals surface area (Å²) < 4.78 is 0. The van der Waals surface area contributed by atoms with Crippen LogP contribution < -0.4 is 10.2 Å². The summed E-state index contributed by atoms with van der Waals surface area (Å²) in [5, 5.41) is 3.42. The van der Waals surface area contributed by atoms with Crippen LogP contribution in [0.15, 0.2) is 18.2 Å². The Hall–Kier alpha value is -1.06. The molecule has 0 bridgehead atoms. The number of nitrogens with zero attached hydrogens (tertiary/aromatic N) is 2. The molecule has 1 N–H and O–H groups in total. The van der Waals surface area contributed by atoms with Gasteiger partial charge in [-0.3, -0.25) is 0 Å². The van der Waals surface area contributed by atoms with Crippen LogP contribution in [0.4, 0.5) is 5.69 Å². The number of nitrogens with one attached hydrogen (secondary N) is 1. The molecule has 20 heavy (non-hydrogen) atoms. The van der Waals surface area contributed by atoms with Crippen molar-refractivity contribution in [3.63, 3.8) is 0 Å². The molecule has 1 saturated heterocycles. The van der Waals surface area contributed by atoms with Crippen LogP contribution in [0.25, 0.3) is 0 Å². The normalized spacial score (nSPS) is 19.9. The molecule has 3 rings (SSSR count). The molecule has 110 valence electrons. The van der Waals surface area contributed by atoms with Crippen molar-refractivity contribution in [2.45, 2.75) is 26.2 Å². The zero-order valence-electron chi connectivity index (χ0n) is 12.7. The lowest BCUT2D eigenvalue weighted by molar-refractivity contribution is 0.244. The van der Waals surface area contributed by atoms with E-state index >= 15 is 0 Å². The second kappa shape index (κ2) is 6.59. The average molecular weight is 273 g/mol. The van der Waals surface area contributed by atoms with Crippen LogP contribution in [0.3, 0.4) is 0 Å². The smallest absolute Gasteiger partial charge is 0.0401 e. The monoisotopic (exact) mass is 273 g/mol. The number of anilines is 1. The maximum Gasteiger partial charge on any atom is 0.0401 e. The minimum Gasteiger partial charge on any atom is -0.372 e. The molecule has 0 spiro atoms. The van der Waals surface area contributed by atoms with Gasteiger partial charge in [-0.15, -0.1) is 0 Å². The number of hydrogen-bond acceptors (Lipinski definition) is 3. The standard InChI is InChI=1S/C17H27N3/c1-2-20-10-3-4-16-6-5-15(14-17(16)20)7-11-19-12-8-18-9-13-19/h5-6,14,18H,2-4,7-13H2,1H3. The molecule has 1 fully saturated rings. The van der Waals surface area contributed by atoms with Crippen LogP contribution >= 0.6 is 0 Å². The van der Waals surface area contributed by atoms with Crippen LogP contribution in [0.5, 0.6) is 0 Å². The third-order valence-corrected chi connectivity index (χ3v) is 4.67. The van der Waals surface area contributed by atoms with Gasteiger partial charge >= 0.3 is 0 Å². The average Bonchev–Trinajstić information content (AvgIpc) is 2.53. The molecule has 2 heterocycles. The molecule has 1 aromatic carbocycles. The molecule has 0 atom stereocenters. The van der Waals surface area contributed by atoms with E-state index in [1.807, 2.05) is 0 Å². The molecule has 3 heteroatoms. The van der Waals surface area contributed by atoms with Crippen LogP contribution in [-0.4, -0.2) is 50.7 Å². The highest BCUT2D eigenvalue weighted by atomic mass is 15.2. The molecule has 0 amide bonds. The molecule has 3 nitrogen and oxygen atoms in total. The molecule has 2 aliphatic heterocycles. The first-order valence-electron chi connectivity index (χ1n) is 8.16. The van der Waals surface area contributed by atoms with Crippen LogP contribution in [0, 0.1) is 0 Å². The number of fused-ring (bicyclic) bond motifs is 1. The Morgan fingerprint density at radius 3 is 2.80 bits per heavy atom. The van der Waals surface area contributed by atoms with Gasteiger partial charge in [0.15, 0.2) is 0 Å². The Morgan fingerprint density at radius 2 is 2.00 bits per heavy atom. The SMILES string of the molecule is CCN1CCCc2ccc(CCN3CCNCC3)cc21. The molecular formula is C17H27N3. The summed E-state index contributed by atoms with van der Waals surface area (Å²) in [7, 11) is 0.